The topological polar surface area (TPSA) is 42.4 Å². The number of morpholine rings is 1. The molecular formula is C16H17FN2O2S. The number of hydrogen-bond acceptors (Lipinski definition) is 4. The zero-order chi connectivity index (χ0) is 15.4. The second-order valence-electron chi connectivity index (χ2n) is 5.14. The van der Waals surface area contributed by atoms with Crippen molar-refractivity contribution in [2.75, 3.05) is 26.3 Å². The summed E-state index contributed by atoms with van der Waals surface area (Å²) in [5.74, 6) is -0.101. The number of ether oxygens (including phenoxy) is 1. The summed E-state index contributed by atoms with van der Waals surface area (Å²) in [5.41, 5.74) is 1.81. The Hall–Kier alpha value is -1.79. The number of aryl methyl sites for hydroxylation is 1. The zero-order valence-electron chi connectivity index (χ0n) is 12.1. The number of carbonyl (C=O) groups is 1. The number of thiazole rings is 1. The Morgan fingerprint density at radius 1 is 1.27 bits per heavy atom. The van der Waals surface area contributed by atoms with E-state index in [1.165, 1.54) is 23.5 Å². The fraction of sp³-hybridized carbons (Fsp3) is 0.375. The van der Waals surface area contributed by atoms with Gasteiger partial charge in [0.25, 0.3) is 0 Å². The van der Waals surface area contributed by atoms with E-state index >= 15 is 0 Å². The number of benzene rings is 1. The molecule has 0 saturated carbocycles. The highest BCUT2D eigenvalue weighted by atomic mass is 32.1. The van der Waals surface area contributed by atoms with Crippen molar-refractivity contribution in [3.05, 3.63) is 41.2 Å². The highest BCUT2D eigenvalue weighted by molar-refractivity contribution is 7.13. The standard InChI is InChI=1S/C16H17FN2O2S/c17-13-3-1-12(2-4-13)16-18-14(11-22-16)5-6-15(20)19-7-9-21-10-8-19/h1-4,11H,5-10H2. The van der Waals surface area contributed by atoms with Gasteiger partial charge in [0.1, 0.15) is 10.8 Å². The molecule has 6 heteroatoms. The summed E-state index contributed by atoms with van der Waals surface area (Å²) in [5, 5.41) is 2.82. The van der Waals surface area contributed by atoms with Crippen molar-refractivity contribution in [3.63, 3.8) is 0 Å². The summed E-state index contributed by atoms with van der Waals surface area (Å²) in [4.78, 5) is 18.5. The summed E-state index contributed by atoms with van der Waals surface area (Å²) >= 11 is 1.52. The largest absolute Gasteiger partial charge is 0.378 e. The summed E-state index contributed by atoms with van der Waals surface area (Å²) in [6.07, 6.45) is 1.10. The Bertz CT molecular complexity index is 636. The lowest BCUT2D eigenvalue weighted by atomic mass is 10.2. The maximum absolute atomic E-state index is 12.9. The van der Waals surface area contributed by atoms with E-state index in [0.29, 0.717) is 39.1 Å². The first kappa shape index (κ1) is 15.1. The third kappa shape index (κ3) is 3.69. The Kier molecular flexibility index (Phi) is 4.80. The molecule has 1 aromatic heterocycles. The highest BCUT2D eigenvalue weighted by Crippen LogP contribution is 2.24. The van der Waals surface area contributed by atoms with Crippen molar-refractivity contribution in [2.24, 2.45) is 0 Å². The fourth-order valence-corrected chi connectivity index (χ4v) is 3.21. The lowest BCUT2D eigenvalue weighted by Crippen LogP contribution is -2.40. The number of carbonyl (C=O) groups excluding carboxylic acids is 1. The minimum absolute atomic E-state index is 0.152. The van der Waals surface area contributed by atoms with Crippen LogP contribution in [0.3, 0.4) is 0 Å². The second-order valence-corrected chi connectivity index (χ2v) is 6.00. The van der Waals surface area contributed by atoms with Gasteiger partial charge in [0.05, 0.1) is 18.9 Å². The summed E-state index contributed by atoms with van der Waals surface area (Å²) in [7, 11) is 0. The molecule has 1 aliphatic heterocycles. The minimum Gasteiger partial charge on any atom is -0.378 e. The average molecular weight is 320 g/mol. The number of rotatable bonds is 4. The van der Waals surface area contributed by atoms with Gasteiger partial charge in [0, 0.05) is 30.5 Å². The van der Waals surface area contributed by atoms with Gasteiger partial charge in [0.15, 0.2) is 0 Å². The van der Waals surface area contributed by atoms with E-state index in [1.54, 1.807) is 12.1 Å². The first-order chi connectivity index (χ1) is 10.7. The van der Waals surface area contributed by atoms with Gasteiger partial charge in [-0.05, 0) is 30.7 Å². The molecule has 0 unspecified atom stereocenters. The molecule has 4 nitrogen and oxygen atoms in total. The highest BCUT2D eigenvalue weighted by Gasteiger charge is 2.17. The van der Waals surface area contributed by atoms with Gasteiger partial charge in [-0.25, -0.2) is 9.37 Å². The van der Waals surface area contributed by atoms with Crippen LogP contribution in [0.5, 0.6) is 0 Å². The van der Waals surface area contributed by atoms with Crippen molar-refractivity contribution in [2.45, 2.75) is 12.8 Å². The Labute approximate surface area is 132 Å². The van der Waals surface area contributed by atoms with Crippen LogP contribution < -0.4 is 0 Å². The van der Waals surface area contributed by atoms with Crippen LogP contribution in [0.15, 0.2) is 29.6 Å². The summed E-state index contributed by atoms with van der Waals surface area (Å²) in [6.45, 7) is 2.60. The lowest BCUT2D eigenvalue weighted by Gasteiger charge is -2.26. The van der Waals surface area contributed by atoms with Crippen molar-refractivity contribution in [1.82, 2.24) is 9.88 Å². The lowest BCUT2D eigenvalue weighted by molar-refractivity contribution is -0.135. The maximum Gasteiger partial charge on any atom is 0.223 e. The van der Waals surface area contributed by atoms with Gasteiger partial charge in [-0.15, -0.1) is 11.3 Å². The Morgan fingerprint density at radius 3 is 2.73 bits per heavy atom. The van der Waals surface area contributed by atoms with Crippen LogP contribution >= 0.6 is 11.3 Å². The molecule has 0 atom stereocenters. The van der Waals surface area contributed by atoms with Gasteiger partial charge in [-0.3, -0.25) is 4.79 Å². The molecule has 0 aliphatic carbocycles. The molecule has 1 aliphatic rings. The predicted molar refractivity (Wildman–Crippen MR) is 83.2 cm³/mol. The fourth-order valence-electron chi connectivity index (χ4n) is 2.35. The van der Waals surface area contributed by atoms with E-state index in [4.69, 9.17) is 4.74 Å². The molecule has 0 spiro atoms. The van der Waals surface area contributed by atoms with Crippen LogP contribution in [0, 0.1) is 5.82 Å². The first-order valence-corrected chi connectivity index (χ1v) is 8.16. The molecule has 0 radical (unpaired) electrons. The molecule has 0 N–H and O–H groups in total. The Balaban J connectivity index is 1.57. The van der Waals surface area contributed by atoms with Gasteiger partial charge in [-0.2, -0.15) is 0 Å². The first-order valence-electron chi connectivity index (χ1n) is 7.28. The molecule has 1 fully saturated rings. The zero-order valence-corrected chi connectivity index (χ0v) is 12.9. The molecule has 3 rings (SSSR count). The molecule has 0 bridgehead atoms. The normalized spacial score (nSPS) is 15.0. The smallest absolute Gasteiger partial charge is 0.223 e. The number of hydrogen-bond donors (Lipinski definition) is 0. The molecule has 2 aromatic rings. The molecular weight excluding hydrogens is 303 g/mol. The third-order valence-electron chi connectivity index (χ3n) is 3.60. The van der Waals surface area contributed by atoms with Gasteiger partial charge in [0.2, 0.25) is 5.91 Å². The number of nitrogens with zero attached hydrogens (tertiary/aromatic N) is 2. The van der Waals surface area contributed by atoms with E-state index in [-0.39, 0.29) is 11.7 Å². The van der Waals surface area contributed by atoms with Gasteiger partial charge in [-0.1, -0.05) is 0 Å². The van der Waals surface area contributed by atoms with E-state index in [2.05, 4.69) is 4.98 Å². The summed E-state index contributed by atoms with van der Waals surface area (Å²) in [6, 6.07) is 6.30. The van der Waals surface area contributed by atoms with E-state index < -0.39 is 0 Å². The van der Waals surface area contributed by atoms with Crippen LogP contribution in [0.1, 0.15) is 12.1 Å². The number of aromatic nitrogens is 1. The number of halogens is 1. The van der Waals surface area contributed by atoms with Crippen LogP contribution in [0.25, 0.3) is 10.6 Å². The Morgan fingerprint density at radius 2 is 2.00 bits per heavy atom. The second kappa shape index (κ2) is 6.98. The van der Waals surface area contributed by atoms with Crippen molar-refractivity contribution < 1.29 is 13.9 Å². The quantitative estimate of drug-likeness (QED) is 0.870. The predicted octanol–water partition coefficient (Wildman–Crippen LogP) is 2.74. The SMILES string of the molecule is O=C(CCc1csc(-c2ccc(F)cc2)n1)N1CCOCC1. The molecule has 116 valence electrons. The molecule has 1 amide bonds. The van der Waals surface area contributed by atoms with Crippen LogP contribution in [-0.2, 0) is 16.0 Å². The molecule has 22 heavy (non-hydrogen) atoms. The molecule has 2 heterocycles. The van der Waals surface area contributed by atoms with Crippen LogP contribution in [-0.4, -0.2) is 42.1 Å². The average Bonchev–Trinajstić information content (AvgIpc) is 3.03. The van der Waals surface area contributed by atoms with Crippen molar-refractivity contribution in [3.8, 4) is 10.6 Å². The minimum atomic E-state index is -0.253. The summed E-state index contributed by atoms with van der Waals surface area (Å²) < 4.78 is 18.2. The van der Waals surface area contributed by atoms with Crippen LogP contribution in [0.4, 0.5) is 4.39 Å². The molecule has 1 saturated heterocycles. The van der Waals surface area contributed by atoms with E-state index in [1.807, 2.05) is 10.3 Å². The molecule has 1 aromatic carbocycles. The maximum atomic E-state index is 12.9. The monoisotopic (exact) mass is 320 g/mol. The van der Waals surface area contributed by atoms with Gasteiger partial charge >= 0.3 is 0 Å². The van der Waals surface area contributed by atoms with E-state index in [0.717, 1.165) is 16.3 Å². The van der Waals surface area contributed by atoms with Crippen molar-refractivity contribution in [1.29, 1.82) is 0 Å². The van der Waals surface area contributed by atoms with E-state index in [9.17, 15) is 9.18 Å². The number of amides is 1. The van der Waals surface area contributed by atoms with Gasteiger partial charge < -0.3 is 9.64 Å². The van der Waals surface area contributed by atoms with Crippen molar-refractivity contribution >= 4 is 17.2 Å². The third-order valence-corrected chi connectivity index (χ3v) is 4.54. The van der Waals surface area contributed by atoms with Crippen LogP contribution in [0.2, 0.25) is 0 Å².